The van der Waals surface area contributed by atoms with Crippen molar-refractivity contribution < 1.29 is 4.79 Å². The van der Waals surface area contributed by atoms with E-state index in [0.717, 1.165) is 6.42 Å². The van der Waals surface area contributed by atoms with Crippen LogP contribution in [-0.2, 0) is 4.79 Å². The van der Waals surface area contributed by atoms with Gasteiger partial charge in [0.2, 0.25) is 0 Å². The second-order valence-corrected chi connectivity index (χ2v) is 7.65. The minimum Gasteiger partial charge on any atom is -0.287 e. The average Bonchev–Trinajstić information content (AvgIpc) is 2.27. The molecule has 0 aromatic heterocycles. The quantitative estimate of drug-likeness (QED) is 0.611. The van der Waals surface area contributed by atoms with Crippen molar-refractivity contribution >= 4 is 16.9 Å². The zero-order chi connectivity index (χ0) is 11.1. The molecule has 2 unspecified atom stereocenters. The van der Waals surface area contributed by atoms with Crippen LogP contribution >= 0.6 is 11.8 Å². The van der Waals surface area contributed by atoms with Gasteiger partial charge < -0.3 is 0 Å². The highest BCUT2D eigenvalue weighted by Crippen LogP contribution is 2.48. The SMILES string of the molecule is CC(C)(C)C1CC(C(C)(C)C)C(=O)S1. The Morgan fingerprint density at radius 1 is 1.07 bits per heavy atom. The third-order valence-electron chi connectivity index (χ3n) is 3.00. The predicted octanol–water partition coefficient (Wildman–Crippen LogP) is 3.73. The molecule has 0 aromatic carbocycles. The van der Waals surface area contributed by atoms with Gasteiger partial charge >= 0.3 is 0 Å². The Bertz CT molecular complexity index is 232. The third kappa shape index (κ3) is 2.53. The van der Waals surface area contributed by atoms with E-state index in [4.69, 9.17) is 0 Å². The van der Waals surface area contributed by atoms with Crippen molar-refractivity contribution in [2.75, 3.05) is 0 Å². The first-order valence-corrected chi connectivity index (χ1v) is 6.21. The molecule has 0 radical (unpaired) electrons. The van der Waals surface area contributed by atoms with E-state index in [-0.39, 0.29) is 16.7 Å². The summed E-state index contributed by atoms with van der Waals surface area (Å²) < 4.78 is 0. The Labute approximate surface area is 92.0 Å². The van der Waals surface area contributed by atoms with E-state index in [1.807, 2.05) is 0 Å². The van der Waals surface area contributed by atoms with Crippen LogP contribution in [0, 0.1) is 16.7 Å². The van der Waals surface area contributed by atoms with Gasteiger partial charge in [-0.05, 0) is 17.3 Å². The predicted molar refractivity (Wildman–Crippen MR) is 63.4 cm³/mol. The normalized spacial score (nSPS) is 29.7. The topological polar surface area (TPSA) is 17.1 Å². The number of rotatable bonds is 0. The molecule has 1 aliphatic heterocycles. The number of carbonyl (C=O) groups excluding carboxylic acids is 1. The molecule has 82 valence electrons. The van der Waals surface area contributed by atoms with Gasteiger partial charge in [0.15, 0.2) is 5.12 Å². The third-order valence-corrected chi connectivity index (χ3v) is 4.70. The molecule has 1 nitrogen and oxygen atoms in total. The fourth-order valence-corrected chi connectivity index (χ4v) is 3.35. The number of hydrogen-bond acceptors (Lipinski definition) is 2. The zero-order valence-corrected chi connectivity index (χ0v) is 11.0. The molecule has 0 spiro atoms. The van der Waals surface area contributed by atoms with Gasteiger partial charge in [0, 0.05) is 11.2 Å². The Morgan fingerprint density at radius 3 is 1.79 bits per heavy atom. The Morgan fingerprint density at radius 2 is 1.57 bits per heavy atom. The maximum atomic E-state index is 11.8. The molecule has 1 fully saturated rings. The summed E-state index contributed by atoms with van der Waals surface area (Å²) in [6, 6.07) is 0. The van der Waals surface area contributed by atoms with E-state index in [2.05, 4.69) is 41.5 Å². The van der Waals surface area contributed by atoms with Gasteiger partial charge in [-0.3, -0.25) is 4.79 Å². The van der Waals surface area contributed by atoms with Crippen LogP contribution < -0.4 is 0 Å². The van der Waals surface area contributed by atoms with Crippen molar-refractivity contribution in [1.29, 1.82) is 0 Å². The average molecular weight is 214 g/mol. The fourth-order valence-electron chi connectivity index (χ4n) is 1.82. The summed E-state index contributed by atoms with van der Waals surface area (Å²) in [5.74, 6) is 0.247. The molecule has 0 N–H and O–H groups in total. The van der Waals surface area contributed by atoms with Crippen molar-refractivity contribution in [2.45, 2.75) is 53.2 Å². The van der Waals surface area contributed by atoms with Gasteiger partial charge in [-0.25, -0.2) is 0 Å². The summed E-state index contributed by atoms with van der Waals surface area (Å²) in [7, 11) is 0. The van der Waals surface area contributed by atoms with E-state index in [0.29, 0.717) is 10.4 Å². The van der Waals surface area contributed by atoms with E-state index in [1.54, 1.807) is 11.8 Å². The molecular formula is C12H22OS. The molecule has 0 amide bonds. The molecule has 0 aliphatic carbocycles. The Kier molecular flexibility index (Phi) is 3.07. The van der Waals surface area contributed by atoms with Crippen molar-refractivity contribution in [2.24, 2.45) is 16.7 Å². The minimum absolute atomic E-state index is 0.129. The maximum Gasteiger partial charge on any atom is 0.192 e. The molecule has 1 rings (SSSR count). The molecule has 1 saturated heterocycles. The molecule has 1 aliphatic rings. The van der Waals surface area contributed by atoms with Crippen LogP contribution in [0.4, 0.5) is 0 Å². The van der Waals surface area contributed by atoms with Gasteiger partial charge in [-0.1, -0.05) is 53.3 Å². The van der Waals surface area contributed by atoms with Gasteiger partial charge in [-0.15, -0.1) is 0 Å². The second-order valence-electron chi connectivity index (χ2n) is 6.45. The summed E-state index contributed by atoms with van der Waals surface area (Å²) in [4.78, 5) is 11.8. The van der Waals surface area contributed by atoms with Gasteiger partial charge in [0.05, 0.1) is 0 Å². The van der Waals surface area contributed by atoms with Crippen molar-refractivity contribution in [1.82, 2.24) is 0 Å². The lowest BCUT2D eigenvalue weighted by molar-refractivity contribution is -0.116. The highest BCUT2D eigenvalue weighted by atomic mass is 32.2. The zero-order valence-electron chi connectivity index (χ0n) is 10.2. The first-order chi connectivity index (χ1) is 6.12. The van der Waals surface area contributed by atoms with E-state index < -0.39 is 0 Å². The van der Waals surface area contributed by atoms with E-state index >= 15 is 0 Å². The smallest absolute Gasteiger partial charge is 0.192 e. The van der Waals surface area contributed by atoms with Crippen LogP contribution in [0.3, 0.4) is 0 Å². The summed E-state index contributed by atoms with van der Waals surface area (Å²) in [5.41, 5.74) is 0.379. The summed E-state index contributed by atoms with van der Waals surface area (Å²) >= 11 is 1.57. The molecular weight excluding hydrogens is 192 g/mol. The molecule has 14 heavy (non-hydrogen) atoms. The first-order valence-electron chi connectivity index (χ1n) is 5.33. The van der Waals surface area contributed by atoms with Crippen molar-refractivity contribution in [3.8, 4) is 0 Å². The second kappa shape index (κ2) is 3.55. The van der Waals surface area contributed by atoms with E-state index in [9.17, 15) is 4.79 Å². The molecule has 2 atom stereocenters. The molecule has 2 heteroatoms. The Balaban J connectivity index is 2.75. The van der Waals surface area contributed by atoms with Gasteiger partial charge in [0.25, 0.3) is 0 Å². The van der Waals surface area contributed by atoms with Crippen LogP contribution in [0.5, 0.6) is 0 Å². The minimum atomic E-state index is 0.129. The maximum absolute atomic E-state index is 11.8. The lowest BCUT2D eigenvalue weighted by Crippen LogP contribution is -2.26. The number of carbonyl (C=O) groups is 1. The lowest BCUT2D eigenvalue weighted by Gasteiger charge is -2.28. The highest BCUT2D eigenvalue weighted by molar-refractivity contribution is 8.14. The van der Waals surface area contributed by atoms with Crippen molar-refractivity contribution in [3.05, 3.63) is 0 Å². The summed E-state index contributed by atoms with van der Waals surface area (Å²) in [6.45, 7) is 13.2. The number of hydrogen-bond donors (Lipinski definition) is 0. The van der Waals surface area contributed by atoms with Crippen LogP contribution in [-0.4, -0.2) is 10.4 Å². The molecule has 1 heterocycles. The largest absolute Gasteiger partial charge is 0.287 e. The van der Waals surface area contributed by atoms with Gasteiger partial charge in [0.1, 0.15) is 0 Å². The molecule has 0 aromatic rings. The monoisotopic (exact) mass is 214 g/mol. The van der Waals surface area contributed by atoms with Crippen molar-refractivity contribution in [3.63, 3.8) is 0 Å². The van der Waals surface area contributed by atoms with Crippen LogP contribution in [0.1, 0.15) is 48.0 Å². The van der Waals surface area contributed by atoms with E-state index in [1.165, 1.54) is 0 Å². The van der Waals surface area contributed by atoms with Crippen LogP contribution in [0.15, 0.2) is 0 Å². The lowest BCUT2D eigenvalue weighted by atomic mass is 9.76. The molecule has 0 saturated carbocycles. The van der Waals surface area contributed by atoms with Crippen LogP contribution in [0.25, 0.3) is 0 Å². The standard InChI is InChI=1S/C12H22OS/c1-11(2,3)8-7-9(12(4,5)6)14-10(8)13/h8-9H,7H2,1-6H3. The van der Waals surface area contributed by atoms with Gasteiger partial charge in [-0.2, -0.15) is 0 Å². The number of thioether (sulfide) groups is 1. The first kappa shape index (κ1) is 12.1. The highest BCUT2D eigenvalue weighted by Gasteiger charge is 2.44. The molecule has 0 bridgehead atoms. The fraction of sp³-hybridized carbons (Fsp3) is 0.917. The Hall–Kier alpha value is 0.0200. The van der Waals surface area contributed by atoms with Crippen LogP contribution in [0.2, 0.25) is 0 Å². The summed E-state index contributed by atoms with van der Waals surface area (Å²) in [6.07, 6.45) is 1.05. The summed E-state index contributed by atoms with van der Waals surface area (Å²) in [5, 5.41) is 0.900.